The molecule has 1 saturated carbocycles. The van der Waals surface area contributed by atoms with Gasteiger partial charge in [0.15, 0.2) is 5.69 Å². The highest BCUT2D eigenvalue weighted by Gasteiger charge is 2.19. The van der Waals surface area contributed by atoms with Crippen LogP contribution in [-0.4, -0.2) is 25.2 Å². The molecule has 112 valence electrons. The Balaban J connectivity index is 1.53. The van der Waals surface area contributed by atoms with Crippen molar-refractivity contribution in [1.29, 1.82) is 0 Å². The number of rotatable bonds is 4. The molecule has 1 aromatic carbocycles. The second kappa shape index (κ2) is 5.71. The Kier molecular flexibility index (Phi) is 3.42. The van der Waals surface area contributed by atoms with E-state index in [2.05, 4.69) is 20.4 Å². The summed E-state index contributed by atoms with van der Waals surface area (Å²) in [6.45, 7) is 0. The zero-order chi connectivity index (χ0) is 14.8. The lowest BCUT2D eigenvalue weighted by molar-refractivity contribution is 0.437. The van der Waals surface area contributed by atoms with Gasteiger partial charge < -0.3 is 4.42 Å². The van der Waals surface area contributed by atoms with E-state index in [-0.39, 0.29) is 0 Å². The maximum absolute atomic E-state index is 5.74. The van der Waals surface area contributed by atoms with Gasteiger partial charge in [0.2, 0.25) is 5.89 Å². The van der Waals surface area contributed by atoms with Crippen LogP contribution in [-0.2, 0) is 6.42 Å². The summed E-state index contributed by atoms with van der Waals surface area (Å²) in [5.41, 5.74) is 1.51. The maximum atomic E-state index is 5.74. The maximum Gasteiger partial charge on any atom is 0.269 e. The predicted octanol–water partition coefficient (Wildman–Crippen LogP) is 3.05. The second-order valence-corrected chi connectivity index (χ2v) is 5.71. The summed E-state index contributed by atoms with van der Waals surface area (Å²) in [4.78, 5) is 1.57. The van der Waals surface area contributed by atoms with Gasteiger partial charge in [0.1, 0.15) is 0 Å². The van der Waals surface area contributed by atoms with Crippen LogP contribution >= 0.6 is 0 Å². The third-order valence-electron chi connectivity index (χ3n) is 4.10. The van der Waals surface area contributed by atoms with Gasteiger partial charge in [0.05, 0.1) is 11.9 Å². The van der Waals surface area contributed by atoms with E-state index in [1.807, 2.05) is 30.3 Å². The molecule has 1 aliphatic rings. The molecule has 1 aliphatic carbocycles. The third-order valence-corrected chi connectivity index (χ3v) is 4.10. The molecule has 4 rings (SSSR count). The summed E-state index contributed by atoms with van der Waals surface area (Å²) in [6.07, 6.45) is 7.69. The van der Waals surface area contributed by atoms with Crippen LogP contribution in [0.15, 0.2) is 40.9 Å². The van der Waals surface area contributed by atoms with E-state index < -0.39 is 0 Å². The molecule has 0 N–H and O–H groups in total. The van der Waals surface area contributed by atoms with Gasteiger partial charge in [-0.25, -0.2) is 0 Å². The second-order valence-electron chi connectivity index (χ2n) is 5.71. The fourth-order valence-corrected chi connectivity index (χ4v) is 2.95. The Morgan fingerprint density at radius 2 is 1.91 bits per heavy atom. The fraction of sp³-hybridized carbons (Fsp3) is 0.375. The molecule has 0 spiro atoms. The summed E-state index contributed by atoms with van der Waals surface area (Å²) in [6, 6.07) is 9.75. The highest BCUT2D eigenvalue weighted by molar-refractivity contribution is 5.44. The molecule has 0 unspecified atom stereocenters. The zero-order valence-corrected chi connectivity index (χ0v) is 12.2. The minimum atomic E-state index is 0.440. The summed E-state index contributed by atoms with van der Waals surface area (Å²) < 4.78 is 5.74. The van der Waals surface area contributed by atoms with Crippen LogP contribution < -0.4 is 0 Å². The SMILES string of the molecule is c1ccc(-n2ncc(-c3nnc(CC4CCCC4)o3)n2)cc1. The molecule has 6 heteroatoms. The van der Waals surface area contributed by atoms with Crippen molar-refractivity contribution in [3.8, 4) is 17.3 Å². The van der Waals surface area contributed by atoms with Crippen molar-refractivity contribution in [2.45, 2.75) is 32.1 Å². The normalized spacial score (nSPS) is 15.5. The molecule has 0 atom stereocenters. The third kappa shape index (κ3) is 2.64. The van der Waals surface area contributed by atoms with Crippen LogP contribution in [0, 0.1) is 5.92 Å². The topological polar surface area (TPSA) is 69.6 Å². The molecular weight excluding hydrogens is 278 g/mol. The van der Waals surface area contributed by atoms with Crippen molar-refractivity contribution in [3.05, 3.63) is 42.4 Å². The Morgan fingerprint density at radius 1 is 1.09 bits per heavy atom. The minimum Gasteiger partial charge on any atom is -0.419 e. The number of aromatic nitrogens is 5. The van der Waals surface area contributed by atoms with Crippen molar-refractivity contribution in [3.63, 3.8) is 0 Å². The standard InChI is InChI=1S/C16H17N5O/c1-2-8-13(9-3-1)21-17-11-14(20-21)16-19-18-15(22-16)10-12-6-4-5-7-12/h1-3,8-9,11-12H,4-7,10H2. The Morgan fingerprint density at radius 3 is 2.73 bits per heavy atom. The predicted molar refractivity (Wildman–Crippen MR) is 80.3 cm³/mol. The lowest BCUT2D eigenvalue weighted by atomic mass is 10.0. The molecule has 0 bridgehead atoms. The minimum absolute atomic E-state index is 0.440. The van der Waals surface area contributed by atoms with Gasteiger partial charge >= 0.3 is 0 Å². The number of benzene rings is 1. The van der Waals surface area contributed by atoms with Crippen LogP contribution in [0.4, 0.5) is 0 Å². The highest BCUT2D eigenvalue weighted by atomic mass is 16.4. The Bertz CT molecular complexity index is 743. The van der Waals surface area contributed by atoms with Crippen LogP contribution in [0.2, 0.25) is 0 Å². The molecule has 0 amide bonds. The molecule has 0 saturated heterocycles. The molecule has 6 nitrogen and oxygen atoms in total. The Hall–Kier alpha value is -2.50. The Labute approximate surface area is 128 Å². The van der Waals surface area contributed by atoms with Crippen LogP contribution in [0.5, 0.6) is 0 Å². The molecular formula is C16H17N5O. The van der Waals surface area contributed by atoms with Gasteiger partial charge in [-0.1, -0.05) is 31.0 Å². The van der Waals surface area contributed by atoms with Crippen molar-refractivity contribution in [2.75, 3.05) is 0 Å². The zero-order valence-electron chi connectivity index (χ0n) is 12.2. The van der Waals surface area contributed by atoms with E-state index in [4.69, 9.17) is 4.42 Å². The van der Waals surface area contributed by atoms with Crippen molar-refractivity contribution >= 4 is 0 Å². The fourth-order valence-electron chi connectivity index (χ4n) is 2.95. The molecule has 3 aromatic rings. The highest BCUT2D eigenvalue weighted by Crippen LogP contribution is 2.28. The summed E-state index contributed by atoms with van der Waals surface area (Å²) >= 11 is 0. The number of hydrogen-bond donors (Lipinski definition) is 0. The van der Waals surface area contributed by atoms with Crippen molar-refractivity contribution < 1.29 is 4.42 Å². The first kappa shape index (κ1) is 13.2. The van der Waals surface area contributed by atoms with E-state index in [9.17, 15) is 0 Å². The number of nitrogens with zero attached hydrogens (tertiary/aromatic N) is 5. The first-order valence-electron chi connectivity index (χ1n) is 7.69. The monoisotopic (exact) mass is 295 g/mol. The molecule has 2 aromatic heterocycles. The van der Waals surface area contributed by atoms with Gasteiger partial charge in [-0.3, -0.25) is 0 Å². The summed E-state index contributed by atoms with van der Waals surface area (Å²) in [5, 5.41) is 16.9. The molecule has 1 fully saturated rings. The van der Waals surface area contributed by atoms with Crippen molar-refractivity contribution in [2.24, 2.45) is 5.92 Å². The average molecular weight is 295 g/mol. The van der Waals surface area contributed by atoms with E-state index in [1.165, 1.54) is 25.7 Å². The van der Waals surface area contributed by atoms with Gasteiger partial charge in [0.25, 0.3) is 5.89 Å². The van der Waals surface area contributed by atoms with Gasteiger partial charge in [-0.05, 0) is 30.9 Å². The first-order chi connectivity index (χ1) is 10.9. The van der Waals surface area contributed by atoms with Gasteiger partial charge in [-0.2, -0.15) is 9.90 Å². The molecule has 2 heterocycles. The van der Waals surface area contributed by atoms with Crippen LogP contribution in [0.25, 0.3) is 17.3 Å². The van der Waals surface area contributed by atoms with Crippen LogP contribution in [0.1, 0.15) is 31.6 Å². The largest absolute Gasteiger partial charge is 0.419 e. The molecule has 22 heavy (non-hydrogen) atoms. The summed E-state index contributed by atoms with van der Waals surface area (Å²) in [7, 11) is 0. The lowest BCUT2D eigenvalue weighted by Gasteiger charge is -2.02. The van der Waals surface area contributed by atoms with Crippen LogP contribution in [0.3, 0.4) is 0 Å². The van der Waals surface area contributed by atoms with E-state index in [0.717, 1.165) is 12.1 Å². The lowest BCUT2D eigenvalue weighted by Crippen LogP contribution is -1.98. The smallest absolute Gasteiger partial charge is 0.269 e. The quantitative estimate of drug-likeness (QED) is 0.740. The summed E-state index contributed by atoms with van der Waals surface area (Å²) in [5.74, 6) is 1.83. The van der Waals surface area contributed by atoms with Gasteiger partial charge in [-0.15, -0.1) is 15.3 Å². The van der Waals surface area contributed by atoms with E-state index in [0.29, 0.717) is 23.4 Å². The van der Waals surface area contributed by atoms with Gasteiger partial charge in [0, 0.05) is 6.42 Å². The first-order valence-corrected chi connectivity index (χ1v) is 7.69. The average Bonchev–Trinajstić information content (AvgIpc) is 3.30. The number of para-hydroxylation sites is 1. The number of hydrogen-bond acceptors (Lipinski definition) is 5. The van der Waals surface area contributed by atoms with E-state index >= 15 is 0 Å². The van der Waals surface area contributed by atoms with E-state index in [1.54, 1.807) is 11.0 Å². The molecule has 0 aliphatic heterocycles. The molecule has 0 radical (unpaired) electrons. The van der Waals surface area contributed by atoms with Crippen molar-refractivity contribution in [1.82, 2.24) is 25.2 Å².